The number of alkyl carbamates (subject to hydrolysis) is 2. The zero-order chi connectivity index (χ0) is 64.9. The standard InChI is InChI=1S/C62H89N13O13/c1-12-86-35-45-70-51-52(42-20-15-16-21-43(42)68-53(51)73-54(79)39(6)66-56(81)50(38(4)5)72-60(85)88-61(7,8)9)75(45)36-62(10,11)30-19-32-65-59(84)87-34-40-24-26-41(27-25-40)67-55(80)44(22-18-31-64-58(63)83)69-57(82)49(37(2)3)71-46(76)23-14-13-17-33-74-47(77)28-29-48(74)78/h15-16,20-21,24-29,37-39,44,49-50H,12-14,17-19,22-23,30-36H2,1-11H3,(H,65,84)(H,66,81)(H,67,80)(H,69,82)(H,71,76)(H,72,85)(H3,63,64,83)(H,68,73,79)/t39-,44-,49-,50-/m0/s1. The Morgan fingerprint density at radius 2 is 1.32 bits per heavy atom. The number of fused-ring (bicyclic) bond motifs is 3. The van der Waals surface area contributed by atoms with Crippen LogP contribution in [-0.4, -0.2) is 135 Å². The van der Waals surface area contributed by atoms with E-state index in [1.165, 1.54) is 19.1 Å². The van der Waals surface area contributed by atoms with E-state index in [-0.39, 0.29) is 86.4 Å². The average Bonchev–Trinajstić information content (AvgIpc) is 2.61. The molecule has 0 saturated heterocycles. The van der Waals surface area contributed by atoms with Crippen LogP contribution in [0.2, 0.25) is 0 Å². The Hall–Kier alpha value is -8.68. The van der Waals surface area contributed by atoms with Gasteiger partial charge in [0.05, 0.1) is 11.0 Å². The summed E-state index contributed by atoms with van der Waals surface area (Å²) in [4.78, 5) is 139. The Labute approximate surface area is 513 Å². The number of aromatic nitrogens is 3. The lowest BCUT2D eigenvalue weighted by atomic mass is 9.87. The number of amides is 11. The van der Waals surface area contributed by atoms with Gasteiger partial charge in [0, 0.05) is 62.4 Å². The molecule has 0 unspecified atom stereocenters. The third-order valence-electron chi connectivity index (χ3n) is 14.2. The molecule has 4 atom stereocenters. The van der Waals surface area contributed by atoms with Gasteiger partial charge in [-0.3, -0.25) is 38.5 Å². The molecule has 10 N–H and O–H groups in total. The maximum Gasteiger partial charge on any atom is 0.408 e. The minimum Gasteiger partial charge on any atom is -0.445 e. The number of anilines is 2. The highest BCUT2D eigenvalue weighted by Crippen LogP contribution is 2.34. The van der Waals surface area contributed by atoms with Gasteiger partial charge in [-0.2, -0.15) is 0 Å². The molecular weight excluding hydrogens is 1130 g/mol. The summed E-state index contributed by atoms with van der Waals surface area (Å²) in [5, 5.41) is 22.7. The first-order chi connectivity index (χ1) is 41.6. The summed E-state index contributed by atoms with van der Waals surface area (Å²) in [5.74, 6) is -3.21. The van der Waals surface area contributed by atoms with Crippen molar-refractivity contribution in [2.75, 3.05) is 36.9 Å². The third kappa shape index (κ3) is 21.9. The molecule has 26 heteroatoms. The number of nitrogens with one attached hydrogen (secondary N) is 8. The van der Waals surface area contributed by atoms with E-state index >= 15 is 0 Å². The fraction of sp³-hybridized carbons (Fsp3) is 0.548. The highest BCUT2D eigenvalue weighted by molar-refractivity contribution is 6.13. The Bertz CT molecular complexity index is 3130. The van der Waals surface area contributed by atoms with Crippen molar-refractivity contribution in [3.63, 3.8) is 0 Å². The molecule has 0 saturated carbocycles. The van der Waals surface area contributed by atoms with Crippen molar-refractivity contribution in [3.05, 3.63) is 72.1 Å². The molecule has 2 aromatic heterocycles. The fourth-order valence-electron chi connectivity index (χ4n) is 9.60. The smallest absolute Gasteiger partial charge is 0.408 e. The molecule has 1 aliphatic rings. The number of hydrogen-bond acceptors (Lipinski definition) is 15. The number of unbranched alkanes of at least 4 members (excludes halogenated alkanes) is 2. The van der Waals surface area contributed by atoms with E-state index in [1.807, 2.05) is 31.2 Å². The van der Waals surface area contributed by atoms with E-state index in [2.05, 4.69) is 60.9 Å². The minimum atomic E-state index is -1.07. The van der Waals surface area contributed by atoms with Crippen molar-refractivity contribution in [2.24, 2.45) is 23.0 Å². The minimum absolute atomic E-state index is 0.0706. The summed E-state index contributed by atoms with van der Waals surface area (Å²) < 4.78 is 18.9. The van der Waals surface area contributed by atoms with Crippen molar-refractivity contribution in [1.29, 1.82) is 0 Å². The zero-order valence-electron chi connectivity index (χ0n) is 52.5. The number of para-hydroxylation sites is 1. The summed E-state index contributed by atoms with van der Waals surface area (Å²) in [5.41, 5.74) is 6.87. The molecule has 2 aromatic carbocycles. The predicted molar refractivity (Wildman–Crippen MR) is 331 cm³/mol. The second kappa shape index (κ2) is 32.9. The number of hydrogen-bond donors (Lipinski definition) is 9. The van der Waals surface area contributed by atoms with Gasteiger partial charge in [0.15, 0.2) is 5.82 Å². The highest BCUT2D eigenvalue weighted by Gasteiger charge is 2.32. The molecule has 26 nitrogen and oxygen atoms in total. The van der Waals surface area contributed by atoms with Crippen LogP contribution >= 0.6 is 0 Å². The summed E-state index contributed by atoms with van der Waals surface area (Å²) in [6.45, 7) is 21.5. The van der Waals surface area contributed by atoms with E-state index in [9.17, 15) is 47.9 Å². The molecule has 5 rings (SSSR count). The molecule has 480 valence electrons. The molecule has 4 aromatic rings. The van der Waals surface area contributed by atoms with Crippen LogP contribution in [-0.2, 0) is 67.5 Å². The maximum absolute atomic E-state index is 13.8. The fourth-order valence-corrected chi connectivity index (χ4v) is 9.60. The Morgan fingerprint density at radius 1 is 0.670 bits per heavy atom. The van der Waals surface area contributed by atoms with Crippen LogP contribution in [0.25, 0.3) is 21.9 Å². The lowest BCUT2D eigenvalue weighted by Gasteiger charge is -2.27. The maximum atomic E-state index is 13.8. The van der Waals surface area contributed by atoms with Gasteiger partial charge in [0.1, 0.15) is 54.3 Å². The first kappa shape index (κ1) is 70.1. The lowest BCUT2D eigenvalue weighted by Crippen LogP contribution is -2.54. The molecule has 1 aliphatic heterocycles. The summed E-state index contributed by atoms with van der Waals surface area (Å²) in [7, 11) is 0. The van der Waals surface area contributed by atoms with E-state index in [0.717, 1.165) is 15.8 Å². The van der Waals surface area contributed by atoms with Crippen LogP contribution in [0.4, 0.5) is 25.9 Å². The number of benzene rings is 2. The first-order valence-electron chi connectivity index (χ1n) is 30.0. The van der Waals surface area contributed by atoms with Crippen LogP contribution in [0.3, 0.4) is 0 Å². The summed E-state index contributed by atoms with van der Waals surface area (Å²) in [6.07, 6.45) is 4.38. The highest BCUT2D eigenvalue weighted by atomic mass is 16.6. The van der Waals surface area contributed by atoms with Gasteiger partial charge in [-0.05, 0) is 114 Å². The number of nitrogens with two attached hydrogens (primary N) is 1. The Balaban J connectivity index is 1.14. The van der Waals surface area contributed by atoms with Gasteiger partial charge in [-0.15, -0.1) is 0 Å². The Kier molecular flexibility index (Phi) is 26.2. The molecule has 0 bridgehead atoms. The number of nitrogens with zero attached hydrogens (tertiary/aromatic N) is 4. The zero-order valence-corrected chi connectivity index (χ0v) is 52.5. The number of imide groups is 1. The number of pyridine rings is 1. The molecule has 3 heterocycles. The van der Waals surface area contributed by atoms with E-state index in [4.69, 9.17) is 29.9 Å². The van der Waals surface area contributed by atoms with Crippen LogP contribution in [0.5, 0.6) is 0 Å². The largest absolute Gasteiger partial charge is 0.445 e. The second-order valence-corrected chi connectivity index (χ2v) is 24.2. The van der Waals surface area contributed by atoms with Crippen LogP contribution in [0, 0.1) is 17.3 Å². The van der Waals surface area contributed by atoms with Crippen LogP contribution in [0.15, 0.2) is 60.7 Å². The summed E-state index contributed by atoms with van der Waals surface area (Å²) >= 11 is 0. The monoisotopic (exact) mass is 1220 g/mol. The summed E-state index contributed by atoms with van der Waals surface area (Å²) in [6, 6.07) is 9.32. The molecule has 88 heavy (non-hydrogen) atoms. The van der Waals surface area contributed by atoms with Gasteiger partial charge in [0.25, 0.3) is 11.8 Å². The van der Waals surface area contributed by atoms with Crippen molar-refractivity contribution in [2.45, 2.75) is 177 Å². The van der Waals surface area contributed by atoms with Gasteiger partial charge >= 0.3 is 18.2 Å². The quantitative estimate of drug-likeness (QED) is 0.0185. The lowest BCUT2D eigenvalue weighted by molar-refractivity contribution is -0.137. The number of imidazole rings is 1. The van der Waals surface area contributed by atoms with Crippen LogP contribution < -0.4 is 48.3 Å². The molecular formula is C62H89N13O13. The number of carbonyl (C=O) groups is 10. The molecule has 11 amide bonds. The molecule has 0 spiro atoms. The first-order valence-corrected chi connectivity index (χ1v) is 30.0. The molecule has 0 fully saturated rings. The average molecular weight is 1220 g/mol. The van der Waals surface area contributed by atoms with E-state index in [1.54, 1.807) is 72.7 Å². The number of urea groups is 1. The van der Waals surface area contributed by atoms with Crippen LogP contribution in [0.1, 0.15) is 139 Å². The number of primary amides is 1. The second-order valence-electron chi connectivity index (χ2n) is 24.2. The topological polar surface area (TPSA) is 355 Å². The SMILES string of the molecule is CCOCc1nc2c(NC(=O)[C@H](C)NC(=O)[C@@H](NC(=O)OC(C)(C)C)C(C)C)nc3ccccc3c2n1CC(C)(C)CCCNC(=O)OCc1ccc(NC(=O)[C@H](CCCNC(N)=O)NC(=O)[C@@H](NC(=O)CCCCCN2C(=O)C=CC2=O)C(C)C)cc1. The molecule has 0 radical (unpaired) electrons. The van der Waals surface area contributed by atoms with E-state index in [0.29, 0.717) is 79.9 Å². The normalized spacial score (nSPS) is 13.9. The molecule has 0 aliphatic carbocycles. The number of rotatable bonds is 33. The number of carbonyl (C=O) groups excluding carboxylic acids is 10. The van der Waals surface area contributed by atoms with E-state index < -0.39 is 71.6 Å². The van der Waals surface area contributed by atoms with Gasteiger partial charge in [-0.25, -0.2) is 24.4 Å². The van der Waals surface area contributed by atoms with Gasteiger partial charge in [0.2, 0.25) is 29.5 Å². The van der Waals surface area contributed by atoms with Crippen molar-refractivity contribution in [3.8, 4) is 0 Å². The van der Waals surface area contributed by atoms with Crippen molar-refractivity contribution >= 4 is 93.0 Å². The van der Waals surface area contributed by atoms with Crippen molar-refractivity contribution in [1.82, 2.24) is 51.3 Å². The van der Waals surface area contributed by atoms with Crippen molar-refractivity contribution < 1.29 is 62.2 Å². The van der Waals surface area contributed by atoms with Gasteiger partial charge in [-0.1, -0.05) is 78.3 Å². The Morgan fingerprint density at radius 3 is 1.97 bits per heavy atom. The van der Waals surface area contributed by atoms with Gasteiger partial charge < -0.3 is 67.0 Å². The number of ether oxygens (including phenoxy) is 3. The predicted octanol–water partition coefficient (Wildman–Crippen LogP) is 6.34. The third-order valence-corrected chi connectivity index (χ3v) is 14.2.